The van der Waals surface area contributed by atoms with Crippen molar-refractivity contribution < 1.29 is 4.74 Å². The third kappa shape index (κ3) is 1.92. The lowest BCUT2D eigenvalue weighted by Crippen LogP contribution is -2.44. The monoisotopic (exact) mass is 239 g/mol. The van der Waals surface area contributed by atoms with Crippen LogP contribution < -0.4 is 10.5 Å². The number of hydrogen-bond donors (Lipinski definition) is 1. The van der Waals surface area contributed by atoms with E-state index in [1.54, 1.807) is 0 Å². The van der Waals surface area contributed by atoms with Gasteiger partial charge >= 0.3 is 0 Å². The molecule has 1 aliphatic rings. The van der Waals surface area contributed by atoms with Gasteiger partial charge in [-0.1, -0.05) is 25.4 Å². The lowest BCUT2D eigenvalue weighted by molar-refractivity contribution is 0.0108. The second kappa shape index (κ2) is 3.94. The highest BCUT2D eigenvalue weighted by atomic mass is 35.5. The van der Waals surface area contributed by atoms with Gasteiger partial charge in [0, 0.05) is 23.0 Å². The Morgan fingerprint density at radius 3 is 2.81 bits per heavy atom. The predicted molar refractivity (Wildman–Crippen MR) is 66.9 cm³/mol. The van der Waals surface area contributed by atoms with Gasteiger partial charge in [-0.15, -0.1) is 0 Å². The first-order valence-electron chi connectivity index (χ1n) is 5.66. The van der Waals surface area contributed by atoms with Crippen molar-refractivity contribution in [2.45, 2.75) is 38.8 Å². The second-order valence-corrected chi connectivity index (χ2v) is 5.50. The van der Waals surface area contributed by atoms with E-state index in [9.17, 15) is 0 Å². The number of nitrogens with two attached hydrogens (primary N) is 1. The van der Waals surface area contributed by atoms with Crippen LogP contribution in [0.25, 0.3) is 0 Å². The molecular weight excluding hydrogens is 222 g/mol. The van der Waals surface area contributed by atoms with Crippen LogP contribution in [0.15, 0.2) is 18.2 Å². The van der Waals surface area contributed by atoms with E-state index in [0.717, 1.165) is 17.7 Å². The summed E-state index contributed by atoms with van der Waals surface area (Å²) in [5, 5.41) is 0.714. The van der Waals surface area contributed by atoms with Crippen molar-refractivity contribution >= 4 is 11.6 Å². The highest BCUT2D eigenvalue weighted by Crippen LogP contribution is 2.42. The molecule has 1 aromatic carbocycles. The molecule has 2 rings (SSSR count). The molecule has 2 atom stereocenters. The van der Waals surface area contributed by atoms with Crippen LogP contribution >= 0.6 is 11.6 Å². The van der Waals surface area contributed by atoms with E-state index < -0.39 is 0 Å². The van der Waals surface area contributed by atoms with Gasteiger partial charge in [-0.25, -0.2) is 0 Å². The quantitative estimate of drug-likeness (QED) is 0.814. The SMILES string of the molecule is CC(C)C1(C)C[C@@H](N)c2cc(Cl)ccc2O1. The summed E-state index contributed by atoms with van der Waals surface area (Å²) >= 11 is 5.96. The standard InChI is InChI=1S/C13H18ClNO/c1-8(2)13(3)7-11(15)10-6-9(14)4-5-12(10)16-13/h4-6,8,11H,7,15H2,1-3H3/t11-,13?/m1/s1. The maximum atomic E-state index is 6.19. The predicted octanol–water partition coefficient (Wildman–Crippen LogP) is 3.54. The van der Waals surface area contributed by atoms with E-state index in [2.05, 4.69) is 20.8 Å². The fourth-order valence-electron chi connectivity index (χ4n) is 2.10. The van der Waals surface area contributed by atoms with Crippen LogP contribution in [0, 0.1) is 5.92 Å². The highest BCUT2D eigenvalue weighted by molar-refractivity contribution is 6.30. The molecule has 2 nitrogen and oxygen atoms in total. The first kappa shape index (κ1) is 11.7. The Morgan fingerprint density at radius 2 is 2.19 bits per heavy atom. The zero-order valence-electron chi connectivity index (χ0n) is 9.96. The minimum Gasteiger partial charge on any atom is -0.487 e. The Labute approximate surface area is 102 Å². The minimum atomic E-state index is -0.180. The van der Waals surface area contributed by atoms with E-state index in [1.807, 2.05) is 18.2 Å². The molecule has 0 radical (unpaired) electrons. The molecule has 0 saturated heterocycles. The smallest absolute Gasteiger partial charge is 0.125 e. The van der Waals surface area contributed by atoms with Crippen molar-refractivity contribution in [2.75, 3.05) is 0 Å². The molecule has 1 aromatic rings. The number of hydrogen-bond acceptors (Lipinski definition) is 2. The Balaban J connectivity index is 2.40. The topological polar surface area (TPSA) is 35.2 Å². The molecule has 1 aliphatic heterocycles. The lowest BCUT2D eigenvalue weighted by Gasteiger charge is -2.41. The van der Waals surface area contributed by atoms with Gasteiger partial charge in [0.15, 0.2) is 0 Å². The fraction of sp³-hybridized carbons (Fsp3) is 0.538. The molecule has 0 aliphatic carbocycles. The molecule has 0 fully saturated rings. The number of fused-ring (bicyclic) bond motifs is 1. The van der Waals surface area contributed by atoms with Crippen LogP contribution in [0.3, 0.4) is 0 Å². The third-order valence-electron chi connectivity index (χ3n) is 3.56. The first-order chi connectivity index (χ1) is 7.42. The van der Waals surface area contributed by atoms with Crippen molar-refractivity contribution in [3.8, 4) is 5.75 Å². The van der Waals surface area contributed by atoms with E-state index in [1.165, 1.54) is 0 Å². The molecule has 3 heteroatoms. The van der Waals surface area contributed by atoms with Gasteiger partial charge in [0.25, 0.3) is 0 Å². The molecule has 0 amide bonds. The van der Waals surface area contributed by atoms with E-state index in [-0.39, 0.29) is 11.6 Å². The molecule has 0 aromatic heterocycles. The fourth-order valence-corrected chi connectivity index (χ4v) is 2.28. The van der Waals surface area contributed by atoms with Gasteiger partial charge in [-0.3, -0.25) is 0 Å². The Bertz CT molecular complexity index is 405. The first-order valence-corrected chi connectivity index (χ1v) is 6.04. The molecule has 0 bridgehead atoms. The van der Waals surface area contributed by atoms with Crippen LogP contribution in [0.5, 0.6) is 5.75 Å². The number of halogens is 1. The van der Waals surface area contributed by atoms with E-state index in [0.29, 0.717) is 10.9 Å². The Hall–Kier alpha value is -0.730. The van der Waals surface area contributed by atoms with Crippen molar-refractivity contribution in [2.24, 2.45) is 11.7 Å². The van der Waals surface area contributed by atoms with Crippen LogP contribution in [-0.4, -0.2) is 5.60 Å². The van der Waals surface area contributed by atoms with Crippen LogP contribution in [0.1, 0.15) is 38.8 Å². The van der Waals surface area contributed by atoms with Gasteiger partial charge in [0.2, 0.25) is 0 Å². The molecule has 2 N–H and O–H groups in total. The second-order valence-electron chi connectivity index (χ2n) is 5.06. The van der Waals surface area contributed by atoms with Crippen molar-refractivity contribution in [1.29, 1.82) is 0 Å². The highest BCUT2D eigenvalue weighted by Gasteiger charge is 2.38. The summed E-state index contributed by atoms with van der Waals surface area (Å²) in [7, 11) is 0. The molecule has 0 spiro atoms. The molecule has 1 unspecified atom stereocenters. The largest absolute Gasteiger partial charge is 0.487 e. The summed E-state index contributed by atoms with van der Waals surface area (Å²) in [6, 6.07) is 5.67. The van der Waals surface area contributed by atoms with Gasteiger partial charge in [0.05, 0.1) is 0 Å². The normalized spacial score (nSPS) is 28.8. The Kier molecular flexibility index (Phi) is 2.89. The summed E-state index contributed by atoms with van der Waals surface area (Å²) in [5.74, 6) is 1.31. The Morgan fingerprint density at radius 1 is 1.50 bits per heavy atom. The maximum Gasteiger partial charge on any atom is 0.125 e. The number of benzene rings is 1. The summed E-state index contributed by atoms with van der Waals surface area (Å²) in [4.78, 5) is 0. The summed E-state index contributed by atoms with van der Waals surface area (Å²) in [6.07, 6.45) is 0.831. The minimum absolute atomic E-state index is 0.00912. The maximum absolute atomic E-state index is 6.19. The summed E-state index contributed by atoms with van der Waals surface area (Å²) < 4.78 is 6.07. The van der Waals surface area contributed by atoms with Crippen molar-refractivity contribution in [3.63, 3.8) is 0 Å². The van der Waals surface area contributed by atoms with Gasteiger partial charge < -0.3 is 10.5 Å². The van der Waals surface area contributed by atoms with Crippen molar-refractivity contribution in [3.05, 3.63) is 28.8 Å². The number of ether oxygens (including phenoxy) is 1. The summed E-state index contributed by atoms with van der Waals surface area (Å²) in [5.41, 5.74) is 7.03. The third-order valence-corrected chi connectivity index (χ3v) is 3.80. The van der Waals surface area contributed by atoms with Gasteiger partial charge in [-0.2, -0.15) is 0 Å². The molecule has 16 heavy (non-hydrogen) atoms. The van der Waals surface area contributed by atoms with Crippen LogP contribution in [0.4, 0.5) is 0 Å². The van der Waals surface area contributed by atoms with Gasteiger partial charge in [-0.05, 0) is 31.0 Å². The van der Waals surface area contributed by atoms with Crippen LogP contribution in [-0.2, 0) is 0 Å². The average Bonchev–Trinajstić information content (AvgIpc) is 2.19. The van der Waals surface area contributed by atoms with Crippen molar-refractivity contribution in [1.82, 2.24) is 0 Å². The lowest BCUT2D eigenvalue weighted by atomic mass is 9.81. The zero-order chi connectivity index (χ0) is 11.9. The summed E-state index contributed by atoms with van der Waals surface area (Å²) in [6.45, 7) is 6.44. The molecule has 88 valence electrons. The average molecular weight is 240 g/mol. The van der Waals surface area contributed by atoms with Crippen LogP contribution in [0.2, 0.25) is 5.02 Å². The number of rotatable bonds is 1. The van der Waals surface area contributed by atoms with Gasteiger partial charge in [0.1, 0.15) is 11.4 Å². The zero-order valence-corrected chi connectivity index (χ0v) is 10.7. The molecular formula is C13H18ClNO. The molecule has 1 heterocycles. The van der Waals surface area contributed by atoms with E-state index in [4.69, 9.17) is 22.1 Å². The van der Waals surface area contributed by atoms with E-state index >= 15 is 0 Å². The molecule has 0 saturated carbocycles.